The maximum absolute atomic E-state index is 10.2. The largest absolute Gasteiger partial charge is 0.467 e. The van der Waals surface area contributed by atoms with Crippen molar-refractivity contribution in [3.05, 3.63) is 24.2 Å². The van der Waals surface area contributed by atoms with Crippen molar-refractivity contribution in [1.29, 1.82) is 0 Å². The van der Waals surface area contributed by atoms with E-state index in [-0.39, 0.29) is 0 Å². The minimum atomic E-state index is -0.686. The van der Waals surface area contributed by atoms with Crippen LogP contribution in [0.3, 0.4) is 0 Å². The third-order valence-corrected chi connectivity index (χ3v) is 6.40. The van der Waals surface area contributed by atoms with Gasteiger partial charge in [0.05, 0.1) is 12.8 Å². The molecule has 4 unspecified atom stereocenters. The average molecular weight is 361 g/mol. The van der Waals surface area contributed by atoms with Crippen LogP contribution >= 0.6 is 0 Å². The Labute approximate surface area is 156 Å². The van der Waals surface area contributed by atoms with Gasteiger partial charge in [-0.2, -0.15) is 0 Å². The second-order valence-corrected chi connectivity index (χ2v) is 7.99. The van der Waals surface area contributed by atoms with Gasteiger partial charge >= 0.3 is 0 Å². The number of piperazine rings is 1. The lowest BCUT2D eigenvalue weighted by molar-refractivity contribution is 0.0955. The average Bonchev–Trinajstić information content (AvgIpc) is 3.43. The van der Waals surface area contributed by atoms with Crippen molar-refractivity contribution in [2.45, 2.75) is 44.8 Å². The highest BCUT2D eigenvalue weighted by Gasteiger charge is 2.42. The Balaban J connectivity index is 1.32. The predicted molar refractivity (Wildman–Crippen MR) is 102 cm³/mol. The Morgan fingerprint density at radius 2 is 2.15 bits per heavy atom. The van der Waals surface area contributed by atoms with Crippen LogP contribution in [0.1, 0.15) is 44.5 Å². The lowest BCUT2D eigenvalue weighted by Gasteiger charge is -2.42. The zero-order chi connectivity index (χ0) is 17.9. The zero-order valence-corrected chi connectivity index (χ0v) is 15.8. The van der Waals surface area contributed by atoms with Crippen molar-refractivity contribution in [1.82, 2.24) is 15.1 Å². The van der Waals surface area contributed by atoms with Crippen LogP contribution in [-0.4, -0.2) is 66.2 Å². The van der Waals surface area contributed by atoms with Crippen molar-refractivity contribution < 1.29 is 9.52 Å². The fraction of sp³-hybridized carbons (Fsp3) is 0.750. The molecule has 2 aliphatic carbocycles. The van der Waals surface area contributed by atoms with Gasteiger partial charge in [0.2, 0.25) is 0 Å². The van der Waals surface area contributed by atoms with Gasteiger partial charge in [-0.3, -0.25) is 4.90 Å². The van der Waals surface area contributed by atoms with Gasteiger partial charge in [0.15, 0.2) is 5.96 Å². The van der Waals surface area contributed by atoms with Crippen LogP contribution in [-0.2, 0) is 0 Å². The van der Waals surface area contributed by atoms with Crippen molar-refractivity contribution in [3.63, 3.8) is 0 Å². The minimum absolute atomic E-state index is 0.322. The molecule has 2 heterocycles. The number of furan rings is 1. The fourth-order valence-corrected chi connectivity index (χ4v) is 5.09. The molecule has 0 spiro atoms. The Kier molecular flexibility index (Phi) is 5.50. The topological polar surface area (TPSA) is 64.2 Å². The molecule has 0 aromatic carbocycles. The van der Waals surface area contributed by atoms with Crippen LogP contribution in [0.25, 0.3) is 0 Å². The summed E-state index contributed by atoms with van der Waals surface area (Å²) in [5.41, 5.74) is 0. The molecule has 2 saturated carbocycles. The number of hydrogen-bond acceptors (Lipinski definition) is 4. The van der Waals surface area contributed by atoms with Gasteiger partial charge in [-0.05, 0) is 50.2 Å². The Bertz CT molecular complexity index is 595. The third kappa shape index (κ3) is 3.76. The number of guanidine groups is 1. The first-order chi connectivity index (χ1) is 12.7. The standard InChI is InChI=1S/C20H32N4O2/c1-2-21-20(22-14-18(25)19-4-3-11-26-19)24-9-7-23(8-10-24)17-13-15-5-6-16(17)12-15/h3-4,11,15-18,25H,2,5-10,12-14H2,1H3,(H,21,22). The molecule has 1 aliphatic heterocycles. The van der Waals surface area contributed by atoms with Crippen molar-refractivity contribution in [2.24, 2.45) is 16.8 Å². The summed E-state index contributed by atoms with van der Waals surface area (Å²) in [5.74, 6) is 3.44. The zero-order valence-electron chi connectivity index (χ0n) is 15.8. The monoisotopic (exact) mass is 360 g/mol. The van der Waals surface area contributed by atoms with E-state index in [0.29, 0.717) is 12.3 Å². The molecule has 4 rings (SSSR count). The van der Waals surface area contributed by atoms with Crippen molar-refractivity contribution in [2.75, 3.05) is 39.3 Å². The van der Waals surface area contributed by atoms with Gasteiger partial charge in [0, 0.05) is 38.8 Å². The number of aliphatic hydroxyl groups excluding tert-OH is 1. The first kappa shape index (κ1) is 17.9. The molecule has 2 N–H and O–H groups in total. The molecule has 3 aliphatic rings. The van der Waals surface area contributed by atoms with Gasteiger partial charge in [-0.1, -0.05) is 6.42 Å². The smallest absolute Gasteiger partial charge is 0.194 e. The van der Waals surface area contributed by atoms with Crippen LogP contribution in [0.4, 0.5) is 0 Å². The Morgan fingerprint density at radius 3 is 2.77 bits per heavy atom. The number of fused-ring (bicyclic) bond motifs is 2. The van der Waals surface area contributed by atoms with E-state index < -0.39 is 6.10 Å². The Hall–Kier alpha value is -1.53. The maximum Gasteiger partial charge on any atom is 0.194 e. The first-order valence-corrected chi connectivity index (χ1v) is 10.2. The number of rotatable bonds is 5. The van der Waals surface area contributed by atoms with Crippen LogP contribution in [0.5, 0.6) is 0 Å². The summed E-state index contributed by atoms with van der Waals surface area (Å²) in [6.45, 7) is 7.51. The van der Waals surface area contributed by atoms with Crippen LogP contribution < -0.4 is 5.32 Å². The van der Waals surface area contributed by atoms with E-state index in [9.17, 15) is 5.11 Å². The molecule has 144 valence electrons. The van der Waals surface area contributed by atoms with Crippen LogP contribution in [0.15, 0.2) is 27.8 Å². The molecule has 1 saturated heterocycles. The molecule has 26 heavy (non-hydrogen) atoms. The SMILES string of the molecule is CCNC(=NCC(O)c1ccco1)N1CCN(C2CC3CCC2C3)CC1. The summed E-state index contributed by atoms with van der Waals surface area (Å²) in [6.07, 6.45) is 6.71. The van der Waals surface area contributed by atoms with E-state index >= 15 is 0 Å². The number of aliphatic imine (C=N–C) groups is 1. The summed E-state index contributed by atoms with van der Waals surface area (Å²) < 4.78 is 5.27. The first-order valence-electron chi connectivity index (χ1n) is 10.2. The van der Waals surface area contributed by atoms with Crippen molar-refractivity contribution in [3.8, 4) is 0 Å². The fourth-order valence-electron chi connectivity index (χ4n) is 5.09. The molecule has 6 nitrogen and oxygen atoms in total. The van der Waals surface area contributed by atoms with E-state index in [1.165, 1.54) is 25.7 Å². The van der Waals surface area contributed by atoms with Gasteiger partial charge in [-0.25, -0.2) is 4.99 Å². The molecule has 4 atom stereocenters. The predicted octanol–water partition coefficient (Wildman–Crippen LogP) is 2.08. The van der Waals surface area contributed by atoms with E-state index in [1.807, 2.05) is 0 Å². The van der Waals surface area contributed by atoms with E-state index in [4.69, 9.17) is 4.42 Å². The molecule has 1 aromatic heterocycles. The second-order valence-electron chi connectivity index (χ2n) is 7.99. The third-order valence-electron chi connectivity index (χ3n) is 6.40. The number of nitrogens with zero attached hydrogens (tertiary/aromatic N) is 3. The minimum Gasteiger partial charge on any atom is -0.467 e. The van der Waals surface area contributed by atoms with Crippen LogP contribution in [0, 0.1) is 11.8 Å². The highest BCUT2D eigenvalue weighted by molar-refractivity contribution is 5.80. The van der Waals surface area contributed by atoms with Gasteiger partial charge < -0.3 is 19.7 Å². The molecule has 2 bridgehead atoms. The molecule has 0 amide bonds. The summed E-state index contributed by atoms with van der Waals surface area (Å²) >= 11 is 0. The van der Waals surface area contributed by atoms with Crippen molar-refractivity contribution >= 4 is 5.96 Å². The van der Waals surface area contributed by atoms with Crippen LogP contribution in [0.2, 0.25) is 0 Å². The maximum atomic E-state index is 10.2. The number of nitrogens with one attached hydrogen (secondary N) is 1. The quantitative estimate of drug-likeness (QED) is 0.622. The second kappa shape index (κ2) is 8.01. The highest BCUT2D eigenvalue weighted by atomic mass is 16.4. The van der Waals surface area contributed by atoms with Gasteiger partial charge in [0.1, 0.15) is 11.9 Å². The molecule has 3 fully saturated rings. The number of hydrogen-bond donors (Lipinski definition) is 2. The Morgan fingerprint density at radius 1 is 1.31 bits per heavy atom. The summed E-state index contributed by atoms with van der Waals surface area (Å²) in [7, 11) is 0. The van der Waals surface area contributed by atoms with Gasteiger partial charge in [-0.15, -0.1) is 0 Å². The van der Waals surface area contributed by atoms with E-state index in [2.05, 4.69) is 27.0 Å². The van der Waals surface area contributed by atoms with E-state index in [0.717, 1.165) is 56.6 Å². The van der Waals surface area contributed by atoms with E-state index in [1.54, 1.807) is 18.4 Å². The molecular weight excluding hydrogens is 328 g/mol. The normalized spacial score (nSPS) is 30.8. The van der Waals surface area contributed by atoms with Gasteiger partial charge in [0.25, 0.3) is 0 Å². The molecule has 1 aromatic rings. The molecule has 0 radical (unpaired) electrons. The molecule has 6 heteroatoms. The highest BCUT2D eigenvalue weighted by Crippen LogP contribution is 2.46. The summed E-state index contributed by atoms with van der Waals surface area (Å²) in [5, 5.41) is 13.6. The lowest BCUT2D eigenvalue weighted by atomic mass is 9.93. The summed E-state index contributed by atoms with van der Waals surface area (Å²) in [4.78, 5) is 9.72. The lowest BCUT2D eigenvalue weighted by Crippen LogP contribution is -2.55. The molecular formula is C20H32N4O2. The summed E-state index contributed by atoms with van der Waals surface area (Å²) in [6, 6.07) is 4.42. The number of aliphatic hydroxyl groups is 1.